The van der Waals surface area contributed by atoms with Crippen LogP contribution in [-0.2, 0) is 23.7 Å². The van der Waals surface area contributed by atoms with Crippen molar-refractivity contribution < 1.29 is 5.11 Å². The van der Waals surface area contributed by atoms with Crippen LogP contribution in [0.1, 0.15) is 46.2 Å². The quantitative estimate of drug-likeness (QED) is 0.727. The number of hydrogen-bond donors (Lipinski definition) is 2. The molecule has 5 rings (SSSR count). The van der Waals surface area contributed by atoms with E-state index in [-0.39, 0.29) is 17.4 Å². The molecule has 3 N–H and O–H groups in total. The molecule has 0 spiro atoms. The lowest BCUT2D eigenvalue weighted by Gasteiger charge is -2.37. The maximum atomic E-state index is 9.73. The third-order valence-electron chi connectivity index (χ3n) is 7.12. The van der Waals surface area contributed by atoms with E-state index in [0.717, 1.165) is 25.7 Å². The van der Waals surface area contributed by atoms with Crippen LogP contribution in [0.4, 0.5) is 0 Å². The lowest BCUT2D eigenvalue weighted by Crippen LogP contribution is -2.39. The second kappa shape index (κ2) is 6.58. The summed E-state index contributed by atoms with van der Waals surface area (Å²) in [6, 6.07) is 26.7. The lowest BCUT2D eigenvalue weighted by atomic mass is 9.66. The van der Waals surface area contributed by atoms with Gasteiger partial charge in [0.05, 0.1) is 0 Å². The molecule has 3 aromatic rings. The molecular weight excluding hydrogens is 342 g/mol. The molecule has 0 fully saturated rings. The first-order valence-corrected chi connectivity index (χ1v) is 10.3. The molecule has 0 amide bonds. The van der Waals surface area contributed by atoms with E-state index in [4.69, 9.17) is 5.73 Å². The molecule has 0 aliphatic heterocycles. The van der Waals surface area contributed by atoms with E-state index in [1.165, 1.54) is 33.4 Å². The third kappa shape index (κ3) is 2.28. The van der Waals surface area contributed by atoms with Crippen molar-refractivity contribution in [2.45, 2.75) is 36.5 Å². The minimum atomic E-state index is -0.208. The molecule has 3 aromatic carbocycles. The van der Waals surface area contributed by atoms with Gasteiger partial charge in [-0.2, -0.15) is 0 Å². The molecule has 2 nitrogen and oxygen atoms in total. The molecule has 0 aromatic heterocycles. The summed E-state index contributed by atoms with van der Waals surface area (Å²) >= 11 is 0. The summed E-state index contributed by atoms with van der Waals surface area (Å²) in [7, 11) is 0. The zero-order valence-corrected chi connectivity index (χ0v) is 16.2. The Balaban J connectivity index is 1.94. The van der Waals surface area contributed by atoms with E-state index in [9.17, 15) is 5.11 Å². The summed E-state index contributed by atoms with van der Waals surface area (Å²) in [5.41, 5.74) is 14.6. The highest BCUT2D eigenvalue weighted by Crippen LogP contribution is 2.54. The number of aliphatic hydroxyl groups is 1. The molecule has 0 heterocycles. The topological polar surface area (TPSA) is 46.2 Å². The summed E-state index contributed by atoms with van der Waals surface area (Å²) < 4.78 is 0. The Morgan fingerprint density at radius 3 is 1.71 bits per heavy atom. The van der Waals surface area contributed by atoms with Gasteiger partial charge >= 0.3 is 0 Å². The molecule has 0 saturated carbocycles. The number of benzene rings is 3. The molecule has 28 heavy (non-hydrogen) atoms. The fourth-order valence-corrected chi connectivity index (χ4v) is 5.95. The number of hydrogen-bond acceptors (Lipinski definition) is 2. The van der Waals surface area contributed by atoms with Crippen molar-refractivity contribution in [2.24, 2.45) is 5.73 Å². The first kappa shape index (κ1) is 17.7. The van der Waals surface area contributed by atoms with Crippen molar-refractivity contribution in [3.8, 4) is 0 Å². The Bertz CT molecular complexity index is 1030. The largest absolute Gasteiger partial charge is 0.396 e. The number of rotatable bonds is 4. The molecule has 2 aliphatic carbocycles. The van der Waals surface area contributed by atoms with E-state index in [1.54, 1.807) is 0 Å². The van der Waals surface area contributed by atoms with E-state index >= 15 is 0 Å². The smallest absolute Gasteiger partial charge is 0.0431 e. The third-order valence-corrected chi connectivity index (χ3v) is 7.12. The zero-order chi connectivity index (χ0) is 19.2. The van der Waals surface area contributed by atoms with Gasteiger partial charge in [-0.25, -0.2) is 0 Å². The second-order valence-corrected chi connectivity index (χ2v) is 8.41. The summed E-state index contributed by atoms with van der Waals surface area (Å²) in [6.45, 7) is 0.807. The van der Waals surface area contributed by atoms with Gasteiger partial charge in [-0.1, -0.05) is 72.8 Å². The van der Waals surface area contributed by atoms with Crippen LogP contribution in [0, 0.1) is 0 Å². The Kier molecular flexibility index (Phi) is 4.15. The maximum Gasteiger partial charge on any atom is 0.0431 e. The maximum absolute atomic E-state index is 9.73. The van der Waals surface area contributed by atoms with Crippen LogP contribution in [0.15, 0.2) is 72.8 Å². The van der Waals surface area contributed by atoms with E-state index in [2.05, 4.69) is 72.8 Å². The van der Waals surface area contributed by atoms with Gasteiger partial charge in [0.15, 0.2) is 0 Å². The van der Waals surface area contributed by atoms with Gasteiger partial charge in [0.25, 0.3) is 0 Å². The van der Waals surface area contributed by atoms with Gasteiger partial charge < -0.3 is 10.8 Å². The van der Waals surface area contributed by atoms with E-state index < -0.39 is 0 Å². The van der Waals surface area contributed by atoms with Crippen LogP contribution in [0.5, 0.6) is 0 Å². The SMILES string of the molecule is NCC12Cc3ccccc3C(CCCO)(Cc3ccccc31)c1ccccc12. The van der Waals surface area contributed by atoms with Gasteiger partial charge in [0.2, 0.25) is 0 Å². The van der Waals surface area contributed by atoms with Gasteiger partial charge in [-0.05, 0) is 59.1 Å². The standard InChI is InChI=1S/C26H27NO/c27-18-26-17-20-9-1-3-10-21(20)25(14-7-15-28,23-12-5-6-13-24(23)26)16-19-8-2-4-11-22(19)26/h1-6,8-13,28H,7,14-18,27H2. The summed E-state index contributed by atoms with van der Waals surface area (Å²) in [5.74, 6) is 0. The normalized spacial score (nSPS) is 24.6. The number of nitrogens with two attached hydrogens (primary N) is 1. The highest BCUT2D eigenvalue weighted by atomic mass is 16.2. The van der Waals surface area contributed by atoms with Crippen LogP contribution in [-0.4, -0.2) is 18.3 Å². The first-order valence-electron chi connectivity index (χ1n) is 10.3. The molecule has 2 bridgehead atoms. The van der Waals surface area contributed by atoms with Crippen LogP contribution >= 0.6 is 0 Å². The molecule has 2 unspecified atom stereocenters. The minimum absolute atomic E-state index is 0.126. The number of aliphatic hydroxyl groups excluding tert-OH is 1. The Morgan fingerprint density at radius 2 is 1.14 bits per heavy atom. The number of fused-ring (bicyclic) bond motifs is 4. The van der Waals surface area contributed by atoms with Crippen molar-refractivity contribution in [1.82, 2.24) is 0 Å². The predicted octanol–water partition coefficient (Wildman–Crippen LogP) is 4.10. The van der Waals surface area contributed by atoms with E-state index in [1.807, 2.05) is 0 Å². The van der Waals surface area contributed by atoms with Crippen LogP contribution in [0.25, 0.3) is 0 Å². The second-order valence-electron chi connectivity index (χ2n) is 8.41. The molecule has 0 saturated heterocycles. The molecule has 2 heteroatoms. The van der Waals surface area contributed by atoms with Gasteiger partial charge in [0, 0.05) is 24.0 Å². The van der Waals surface area contributed by atoms with Crippen LogP contribution in [0.3, 0.4) is 0 Å². The molecule has 0 radical (unpaired) electrons. The fourth-order valence-electron chi connectivity index (χ4n) is 5.95. The summed E-state index contributed by atoms with van der Waals surface area (Å²) in [4.78, 5) is 0. The zero-order valence-electron chi connectivity index (χ0n) is 16.2. The van der Waals surface area contributed by atoms with Gasteiger partial charge in [-0.3, -0.25) is 0 Å². The Labute approximate surface area is 167 Å². The Hall–Kier alpha value is -2.42. The van der Waals surface area contributed by atoms with Crippen molar-refractivity contribution in [1.29, 1.82) is 0 Å². The predicted molar refractivity (Wildman–Crippen MR) is 114 cm³/mol. The highest BCUT2D eigenvalue weighted by Gasteiger charge is 2.50. The molecular formula is C26H27NO. The van der Waals surface area contributed by atoms with Crippen molar-refractivity contribution in [2.75, 3.05) is 13.2 Å². The van der Waals surface area contributed by atoms with Crippen molar-refractivity contribution >= 4 is 0 Å². The van der Waals surface area contributed by atoms with Crippen LogP contribution < -0.4 is 5.73 Å². The molecule has 2 aliphatic rings. The Morgan fingerprint density at radius 1 is 0.679 bits per heavy atom. The summed E-state index contributed by atoms with van der Waals surface area (Å²) in [5, 5.41) is 9.73. The van der Waals surface area contributed by atoms with Crippen molar-refractivity contribution in [3.05, 3.63) is 106 Å². The van der Waals surface area contributed by atoms with Gasteiger partial charge in [-0.15, -0.1) is 0 Å². The van der Waals surface area contributed by atoms with E-state index in [0.29, 0.717) is 6.54 Å². The average Bonchev–Trinajstić information content (AvgIpc) is 2.91. The van der Waals surface area contributed by atoms with Crippen LogP contribution in [0.2, 0.25) is 0 Å². The average molecular weight is 370 g/mol. The molecule has 142 valence electrons. The lowest BCUT2D eigenvalue weighted by molar-refractivity contribution is 0.268. The first-order chi connectivity index (χ1) is 13.7. The fraction of sp³-hybridized carbons (Fsp3) is 0.308. The van der Waals surface area contributed by atoms with Gasteiger partial charge in [0.1, 0.15) is 0 Å². The monoisotopic (exact) mass is 369 g/mol. The minimum Gasteiger partial charge on any atom is -0.396 e. The molecule has 2 atom stereocenters. The highest BCUT2D eigenvalue weighted by molar-refractivity contribution is 5.62. The summed E-state index contributed by atoms with van der Waals surface area (Å²) in [6.07, 6.45) is 3.61. The van der Waals surface area contributed by atoms with Crippen molar-refractivity contribution in [3.63, 3.8) is 0 Å².